The highest BCUT2D eigenvalue weighted by Gasteiger charge is 2.10. The van der Waals surface area contributed by atoms with Gasteiger partial charge in [-0.15, -0.1) is 0 Å². The molecule has 0 aliphatic heterocycles. The van der Waals surface area contributed by atoms with Gasteiger partial charge in [0.15, 0.2) is 10.2 Å². The number of methoxy groups -OCH3 is 1. The third kappa shape index (κ3) is 3.69. The minimum absolute atomic E-state index is 0.364. The van der Waals surface area contributed by atoms with Crippen LogP contribution in [-0.4, -0.2) is 23.2 Å². The number of hydrogen-bond acceptors (Lipinski definition) is 5. The molecule has 2 aromatic carbocycles. The largest absolute Gasteiger partial charge is 0.465 e. The second-order valence-electron chi connectivity index (χ2n) is 5.14. The maximum absolute atomic E-state index is 11.6. The van der Waals surface area contributed by atoms with E-state index in [0.29, 0.717) is 15.8 Å². The third-order valence-electron chi connectivity index (χ3n) is 3.34. The van der Waals surface area contributed by atoms with E-state index in [1.807, 2.05) is 31.2 Å². The molecule has 0 amide bonds. The molecule has 0 bridgehead atoms. The Morgan fingerprint density at radius 3 is 2.62 bits per heavy atom. The van der Waals surface area contributed by atoms with E-state index in [0.717, 1.165) is 15.9 Å². The van der Waals surface area contributed by atoms with E-state index < -0.39 is 0 Å². The van der Waals surface area contributed by atoms with Crippen molar-refractivity contribution in [2.75, 3.05) is 17.7 Å². The molecule has 0 atom stereocenters. The fourth-order valence-corrected chi connectivity index (χ4v) is 3.31. The van der Waals surface area contributed by atoms with Gasteiger partial charge in [-0.2, -0.15) is 0 Å². The van der Waals surface area contributed by atoms with Crippen LogP contribution < -0.4 is 10.6 Å². The average molecular weight is 357 g/mol. The lowest BCUT2D eigenvalue weighted by Gasteiger charge is -2.08. The molecule has 2 N–H and O–H groups in total. The molecule has 24 heavy (non-hydrogen) atoms. The van der Waals surface area contributed by atoms with Crippen LogP contribution in [0.3, 0.4) is 0 Å². The van der Waals surface area contributed by atoms with Gasteiger partial charge in [-0.25, -0.2) is 9.78 Å². The molecule has 7 heteroatoms. The lowest BCUT2D eigenvalue weighted by atomic mass is 10.2. The van der Waals surface area contributed by atoms with Crippen LogP contribution in [0.5, 0.6) is 0 Å². The van der Waals surface area contributed by atoms with Gasteiger partial charge in [0.2, 0.25) is 0 Å². The number of carbonyl (C=O) groups is 1. The molecular weight excluding hydrogens is 342 g/mol. The summed E-state index contributed by atoms with van der Waals surface area (Å²) in [5.41, 5.74) is 3.40. The zero-order valence-corrected chi connectivity index (χ0v) is 14.8. The lowest BCUT2D eigenvalue weighted by Crippen LogP contribution is -2.18. The summed E-state index contributed by atoms with van der Waals surface area (Å²) in [6.45, 7) is 2.03. The van der Waals surface area contributed by atoms with Gasteiger partial charge in [0.05, 0.1) is 22.9 Å². The zero-order chi connectivity index (χ0) is 17.1. The van der Waals surface area contributed by atoms with E-state index in [1.54, 1.807) is 18.2 Å². The smallest absolute Gasteiger partial charge is 0.337 e. The number of thiazole rings is 1. The maximum atomic E-state index is 11.6. The van der Waals surface area contributed by atoms with Crippen molar-refractivity contribution < 1.29 is 9.53 Å². The average Bonchev–Trinajstić information content (AvgIpc) is 2.97. The van der Waals surface area contributed by atoms with Crippen LogP contribution in [0.4, 0.5) is 10.8 Å². The number of aromatic nitrogens is 1. The predicted molar refractivity (Wildman–Crippen MR) is 102 cm³/mol. The van der Waals surface area contributed by atoms with Crippen molar-refractivity contribution in [3.8, 4) is 0 Å². The monoisotopic (exact) mass is 357 g/mol. The summed E-state index contributed by atoms with van der Waals surface area (Å²) < 4.78 is 5.62. The first kappa shape index (κ1) is 16.4. The van der Waals surface area contributed by atoms with Crippen LogP contribution in [0, 0.1) is 6.92 Å². The molecule has 3 rings (SSSR count). The molecule has 5 nitrogen and oxygen atoms in total. The van der Waals surface area contributed by atoms with E-state index >= 15 is 0 Å². The highest BCUT2D eigenvalue weighted by atomic mass is 32.1. The molecule has 0 aliphatic carbocycles. The molecule has 0 saturated carbocycles. The summed E-state index contributed by atoms with van der Waals surface area (Å²) in [7, 11) is 1.36. The number of rotatable bonds is 3. The molecule has 0 saturated heterocycles. The SMILES string of the molecule is COC(=O)c1ccc2nc(NC(=S)Nc3ccc(C)cc3)sc2c1. The first-order valence-corrected chi connectivity index (χ1v) is 8.41. The number of nitrogens with one attached hydrogen (secondary N) is 2. The first-order chi connectivity index (χ1) is 11.5. The predicted octanol–water partition coefficient (Wildman–Crippen LogP) is 4.20. The van der Waals surface area contributed by atoms with Crippen molar-refractivity contribution in [3.05, 3.63) is 53.6 Å². The summed E-state index contributed by atoms with van der Waals surface area (Å²) in [4.78, 5) is 16.0. The lowest BCUT2D eigenvalue weighted by molar-refractivity contribution is 0.0601. The van der Waals surface area contributed by atoms with Gasteiger partial charge in [0.25, 0.3) is 0 Å². The van der Waals surface area contributed by atoms with Crippen molar-refractivity contribution in [3.63, 3.8) is 0 Å². The molecule has 1 aromatic heterocycles. The van der Waals surface area contributed by atoms with Crippen molar-refractivity contribution in [2.45, 2.75) is 6.92 Å². The van der Waals surface area contributed by atoms with E-state index in [9.17, 15) is 4.79 Å². The summed E-state index contributed by atoms with van der Waals surface area (Å²) in [6, 6.07) is 13.2. The van der Waals surface area contributed by atoms with E-state index in [4.69, 9.17) is 17.0 Å². The maximum Gasteiger partial charge on any atom is 0.337 e. The van der Waals surface area contributed by atoms with E-state index in [2.05, 4.69) is 15.6 Å². The quantitative estimate of drug-likeness (QED) is 0.541. The number of thiocarbonyl (C=S) groups is 1. The fourth-order valence-electron chi connectivity index (χ4n) is 2.12. The van der Waals surface area contributed by atoms with Gasteiger partial charge in [-0.3, -0.25) is 0 Å². The summed E-state index contributed by atoms with van der Waals surface area (Å²) >= 11 is 6.74. The topological polar surface area (TPSA) is 63.2 Å². The second kappa shape index (κ2) is 6.94. The summed E-state index contributed by atoms with van der Waals surface area (Å²) in [5, 5.41) is 7.31. The second-order valence-corrected chi connectivity index (χ2v) is 6.58. The Kier molecular flexibility index (Phi) is 4.73. The fraction of sp³-hybridized carbons (Fsp3) is 0.118. The number of anilines is 2. The van der Waals surface area contributed by atoms with Crippen LogP contribution in [0.2, 0.25) is 0 Å². The van der Waals surface area contributed by atoms with Gasteiger partial charge >= 0.3 is 5.97 Å². The van der Waals surface area contributed by atoms with Gasteiger partial charge in [0.1, 0.15) is 0 Å². The number of benzene rings is 2. The van der Waals surface area contributed by atoms with Crippen molar-refractivity contribution in [1.82, 2.24) is 4.98 Å². The van der Waals surface area contributed by atoms with Crippen LogP contribution >= 0.6 is 23.6 Å². The number of nitrogens with zero attached hydrogens (tertiary/aromatic N) is 1. The van der Waals surface area contributed by atoms with Gasteiger partial charge in [0, 0.05) is 5.69 Å². The summed E-state index contributed by atoms with van der Waals surface area (Å²) in [5.74, 6) is -0.364. The van der Waals surface area contributed by atoms with Crippen molar-refractivity contribution >= 4 is 55.7 Å². The normalized spacial score (nSPS) is 10.4. The molecule has 0 radical (unpaired) electrons. The van der Waals surface area contributed by atoms with Crippen LogP contribution in [0.15, 0.2) is 42.5 Å². The highest BCUT2D eigenvalue weighted by Crippen LogP contribution is 2.27. The Balaban J connectivity index is 1.73. The molecule has 3 aromatic rings. The Labute approximate surface area is 148 Å². The Bertz CT molecular complexity index is 904. The third-order valence-corrected chi connectivity index (χ3v) is 4.48. The molecule has 0 unspecified atom stereocenters. The van der Waals surface area contributed by atoms with Gasteiger partial charge < -0.3 is 15.4 Å². The van der Waals surface area contributed by atoms with Gasteiger partial charge in [-0.1, -0.05) is 29.0 Å². The van der Waals surface area contributed by atoms with Crippen molar-refractivity contribution in [2.24, 2.45) is 0 Å². The molecule has 1 heterocycles. The van der Waals surface area contributed by atoms with Crippen LogP contribution in [0.1, 0.15) is 15.9 Å². The molecular formula is C17H15N3O2S2. The Hall–Kier alpha value is -2.51. The Morgan fingerprint density at radius 1 is 1.17 bits per heavy atom. The minimum Gasteiger partial charge on any atom is -0.465 e. The molecule has 0 spiro atoms. The minimum atomic E-state index is -0.364. The van der Waals surface area contributed by atoms with Crippen molar-refractivity contribution in [1.29, 1.82) is 0 Å². The number of ether oxygens (including phenoxy) is 1. The molecule has 0 aliphatic rings. The number of hydrogen-bond donors (Lipinski definition) is 2. The van der Waals surface area contributed by atoms with E-state index in [-0.39, 0.29) is 5.97 Å². The number of fused-ring (bicyclic) bond motifs is 1. The standard InChI is InChI=1S/C17H15N3O2S2/c1-10-3-6-12(7-4-10)18-16(23)20-17-19-13-8-5-11(15(21)22-2)9-14(13)24-17/h3-9H,1-2H3,(H2,18,19,20,23). The number of esters is 1. The number of carbonyl (C=O) groups excluding carboxylic acids is 1. The van der Waals surface area contributed by atoms with Crippen LogP contribution in [0.25, 0.3) is 10.2 Å². The first-order valence-electron chi connectivity index (χ1n) is 7.19. The zero-order valence-electron chi connectivity index (χ0n) is 13.1. The highest BCUT2D eigenvalue weighted by molar-refractivity contribution is 7.80. The van der Waals surface area contributed by atoms with Gasteiger partial charge in [-0.05, 0) is 49.5 Å². The van der Waals surface area contributed by atoms with Crippen LogP contribution in [-0.2, 0) is 4.74 Å². The Morgan fingerprint density at radius 2 is 1.92 bits per heavy atom. The number of aryl methyl sites for hydroxylation is 1. The van der Waals surface area contributed by atoms with E-state index in [1.165, 1.54) is 24.0 Å². The molecule has 0 fully saturated rings. The summed E-state index contributed by atoms with van der Waals surface area (Å²) in [6.07, 6.45) is 0. The molecule has 122 valence electrons.